The number of nitrogens with one attached hydrogen (secondary N) is 1. The molecule has 0 aliphatic carbocycles. The van der Waals surface area contributed by atoms with Gasteiger partial charge >= 0.3 is 0 Å². The first-order valence-electron chi connectivity index (χ1n) is 7.74. The fraction of sp³-hybridized carbons (Fsp3) is 0.500. The summed E-state index contributed by atoms with van der Waals surface area (Å²) in [4.78, 5) is 17.0. The summed E-state index contributed by atoms with van der Waals surface area (Å²) in [5.74, 6) is 0.0347. The molecule has 0 unspecified atom stereocenters. The zero-order chi connectivity index (χ0) is 16.3. The molecule has 0 saturated carbocycles. The highest BCUT2D eigenvalue weighted by Crippen LogP contribution is 2.29. The van der Waals surface area contributed by atoms with E-state index in [2.05, 4.69) is 10.3 Å². The Morgan fingerprint density at radius 3 is 2.96 bits per heavy atom. The lowest BCUT2D eigenvalue weighted by Gasteiger charge is -2.34. The van der Waals surface area contributed by atoms with Crippen LogP contribution in [0.15, 0.2) is 18.2 Å². The molecule has 0 atom stereocenters. The Kier molecular flexibility index (Phi) is 5.16. The number of fused-ring (bicyclic) bond motifs is 1. The number of nitrogens with two attached hydrogens (primary N) is 1. The smallest absolute Gasteiger partial charge is 0.227 e. The van der Waals surface area contributed by atoms with Crippen molar-refractivity contribution in [2.75, 3.05) is 26.3 Å². The molecule has 1 amide bonds. The summed E-state index contributed by atoms with van der Waals surface area (Å²) in [5, 5.41) is 4.70. The maximum absolute atomic E-state index is 12.5. The Morgan fingerprint density at radius 2 is 2.22 bits per heavy atom. The minimum absolute atomic E-state index is 0.0347. The molecular formula is C16H20ClN3O2S. The molecule has 1 aliphatic rings. The lowest BCUT2D eigenvalue weighted by molar-refractivity contribution is -0.135. The number of amides is 1. The molecule has 2 heterocycles. The van der Waals surface area contributed by atoms with Gasteiger partial charge in [-0.05, 0) is 31.0 Å². The maximum atomic E-state index is 12.5. The van der Waals surface area contributed by atoms with E-state index in [-0.39, 0.29) is 5.91 Å². The molecule has 3 N–H and O–H groups in total. The second-order valence-corrected chi connectivity index (χ2v) is 7.37. The van der Waals surface area contributed by atoms with Crippen LogP contribution in [-0.4, -0.2) is 37.2 Å². The van der Waals surface area contributed by atoms with Gasteiger partial charge in [0.15, 0.2) is 0 Å². The Balaban J connectivity index is 1.58. The predicted molar refractivity (Wildman–Crippen MR) is 92.9 cm³/mol. The van der Waals surface area contributed by atoms with E-state index in [1.807, 2.05) is 18.2 Å². The lowest BCUT2D eigenvalue weighted by Crippen LogP contribution is -2.49. The Labute approximate surface area is 144 Å². The van der Waals surface area contributed by atoms with Gasteiger partial charge in [-0.15, -0.1) is 11.3 Å². The first kappa shape index (κ1) is 16.6. The molecule has 124 valence electrons. The summed E-state index contributed by atoms with van der Waals surface area (Å²) in [5.41, 5.74) is 6.28. The minimum Gasteiger partial charge on any atom is -0.381 e. The molecule has 1 aliphatic heterocycles. The van der Waals surface area contributed by atoms with Gasteiger partial charge in [-0.1, -0.05) is 11.6 Å². The normalized spacial score (nSPS) is 17.3. The van der Waals surface area contributed by atoms with E-state index < -0.39 is 5.41 Å². The van der Waals surface area contributed by atoms with Crippen LogP contribution < -0.4 is 11.1 Å². The number of halogens is 1. The van der Waals surface area contributed by atoms with Crippen molar-refractivity contribution in [2.45, 2.75) is 19.3 Å². The standard InChI is InChI=1S/C16H20ClN3O2S/c17-11-1-2-13-12(9-11)20-14(23-13)3-6-19-15(21)16(10-18)4-7-22-8-5-16/h1-2,9H,3-8,10,18H2,(H,19,21). The summed E-state index contributed by atoms with van der Waals surface area (Å²) in [6.45, 7) is 2.13. The molecule has 1 aromatic heterocycles. The average molecular weight is 354 g/mol. The summed E-state index contributed by atoms with van der Waals surface area (Å²) in [7, 11) is 0. The highest BCUT2D eigenvalue weighted by Gasteiger charge is 2.38. The Hall–Kier alpha value is -1.21. The van der Waals surface area contributed by atoms with E-state index in [0.717, 1.165) is 15.2 Å². The van der Waals surface area contributed by atoms with Crippen molar-refractivity contribution in [2.24, 2.45) is 11.1 Å². The summed E-state index contributed by atoms with van der Waals surface area (Å²) < 4.78 is 6.45. The number of benzene rings is 1. The zero-order valence-corrected chi connectivity index (χ0v) is 14.4. The van der Waals surface area contributed by atoms with E-state index in [4.69, 9.17) is 22.1 Å². The van der Waals surface area contributed by atoms with Crippen molar-refractivity contribution in [1.29, 1.82) is 0 Å². The quantitative estimate of drug-likeness (QED) is 0.865. The summed E-state index contributed by atoms with van der Waals surface area (Å²) >= 11 is 7.61. The zero-order valence-electron chi connectivity index (χ0n) is 12.8. The van der Waals surface area contributed by atoms with Gasteiger partial charge in [-0.25, -0.2) is 4.98 Å². The molecule has 0 spiro atoms. The Morgan fingerprint density at radius 1 is 1.43 bits per heavy atom. The van der Waals surface area contributed by atoms with Gasteiger partial charge < -0.3 is 15.8 Å². The van der Waals surface area contributed by atoms with Crippen LogP contribution in [0.2, 0.25) is 5.02 Å². The van der Waals surface area contributed by atoms with E-state index in [0.29, 0.717) is 50.6 Å². The largest absolute Gasteiger partial charge is 0.381 e. The van der Waals surface area contributed by atoms with Gasteiger partial charge in [0.2, 0.25) is 5.91 Å². The van der Waals surface area contributed by atoms with Gasteiger partial charge in [-0.3, -0.25) is 4.79 Å². The van der Waals surface area contributed by atoms with Gasteiger partial charge in [-0.2, -0.15) is 0 Å². The number of ether oxygens (including phenoxy) is 1. The number of rotatable bonds is 5. The first-order chi connectivity index (χ1) is 11.1. The number of hydrogen-bond acceptors (Lipinski definition) is 5. The molecule has 23 heavy (non-hydrogen) atoms. The van der Waals surface area contributed by atoms with E-state index in [1.54, 1.807) is 11.3 Å². The second kappa shape index (κ2) is 7.13. The number of hydrogen-bond donors (Lipinski definition) is 2. The van der Waals surface area contributed by atoms with Crippen molar-refractivity contribution in [3.63, 3.8) is 0 Å². The molecule has 7 heteroatoms. The van der Waals surface area contributed by atoms with Crippen LogP contribution in [0.3, 0.4) is 0 Å². The first-order valence-corrected chi connectivity index (χ1v) is 8.93. The molecule has 5 nitrogen and oxygen atoms in total. The number of nitrogens with zero attached hydrogens (tertiary/aromatic N) is 1. The van der Waals surface area contributed by atoms with Gasteiger partial charge in [0, 0.05) is 37.7 Å². The van der Waals surface area contributed by atoms with Crippen LogP contribution in [0.4, 0.5) is 0 Å². The van der Waals surface area contributed by atoms with Crippen LogP contribution in [0.1, 0.15) is 17.8 Å². The summed E-state index contributed by atoms with van der Waals surface area (Å²) in [6.07, 6.45) is 2.09. The van der Waals surface area contributed by atoms with Crippen molar-refractivity contribution >= 4 is 39.1 Å². The fourth-order valence-electron chi connectivity index (χ4n) is 2.81. The molecular weight excluding hydrogens is 334 g/mol. The van der Waals surface area contributed by atoms with Crippen molar-refractivity contribution in [3.05, 3.63) is 28.2 Å². The SMILES string of the molecule is NCC1(C(=O)NCCc2nc3cc(Cl)ccc3s2)CCOCC1. The number of thiazole rings is 1. The van der Waals surface area contributed by atoms with Gasteiger partial charge in [0.1, 0.15) is 0 Å². The molecule has 1 fully saturated rings. The topological polar surface area (TPSA) is 77.2 Å². The van der Waals surface area contributed by atoms with Crippen LogP contribution in [-0.2, 0) is 16.0 Å². The van der Waals surface area contributed by atoms with Gasteiger partial charge in [0.05, 0.1) is 20.6 Å². The monoisotopic (exact) mass is 353 g/mol. The third kappa shape index (κ3) is 3.66. The van der Waals surface area contributed by atoms with Crippen molar-refractivity contribution in [1.82, 2.24) is 10.3 Å². The van der Waals surface area contributed by atoms with Crippen LogP contribution in [0, 0.1) is 5.41 Å². The summed E-state index contributed by atoms with van der Waals surface area (Å²) in [6, 6.07) is 5.70. The number of carbonyl (C=O) groups is 1. The van der Waals surface area contributed by atoms with E-state index >= 15 is 0 Å². The predicted octanol–water partition coefficient (Wildman–Crippen LogP) is 2.36. The Bertz CT molecular complexity index is 698. The molecule has 3 rings (SSSR count). The van der Waals surface area contributed by atoms with E-state index in [9.17, 15) is 4.79 Å². The molecule has 2 aromatic rings. The minimum atomic E-state index is -0.473. The number of aromatic nitrogens is 1. The lowest BCUT2D eigenvalue weighted by atomic mass is 9.79. The molecule has 0 bridgehead atoms. The van der Waals surface area contributed by atoms with Crippen LogP contribution in [0.5, 0.6) is 0 Å². The van der Waals surface area contributed by atoms with Gasteiger partial charge in [0.25, 0.3) is 0 Å². The fourth-order valence-corrected chi connectivity index (χ4v) is 3.93. The highest BCUT2D eigenvalue weighted by atomic mass is 35.5. The third-order valence-corrected chi connectivity index (χ3v) is 5.67. The van der Waals surface area contributed by atoms with E-state index in [1.165, 1.54) is 0 Å². The number of carbonyl (C=O) groups excluding carboxylic acids is 1. The van der Waals surface area contributed by atoms with Crippen molar-refractivity contribution < 1.29 is 9.53 Å². The molecule has 1 saturated heterocycles. The molecule has 1 aromatic carbocycles. The maximum Gasteiger partial charge on any atom is 0.227 e. The molecule has 0 radical (unpaired) electrons. The third-order valence-electron chi connectivity index (χ3n) is 4.34. The highest BCUT2D eigenvalue weighted by molar-refractivity contribution is 7.18. The average Bonchev–Trinajstić information content (AvgIpc) is 2.97. The van der Waals surface area contributed by atoms with Crippen molar-refractivity contribution in [3.8, 4) is 0 Å². The second-order valence-electron chi connectivity index (χ2n) is 5.82. The van der Waals surface area contributed by atoms with Crippen LogP contribution in [0.25, 0.3) is 10.2 Å². The van der Waals surface area contributed by atoms with Crippen LogP contribution >= 0.6 is 22.9 Å².